The lowest BCUT2D eigenvalue weighted by atomic mass is 9.95. The molecule has 0 spiro atoms. The summed E-state index contributed by atoms with van der Waals surface area (Å²) in [5, 5.41) is 1.97. The molecule has 0 aliphatic carbocycles. The summed E-state index contributed by atoms with van der Waals surface area (Å²) in [5.41, 5.74) is 5.17. The Morgan fingerprint density at radius 1 is 1.05 bits per heavy atom. The van der Waals surface area contributed by atoms with Gasteiger partial charge in [0.1, 0.15) is 10.6 Å². The summed E-state index contributed by atoms with van der Waals surface area (Å²) < 4.78 is 10.4. The first-order valence-corrected chi connectivity index (χ1v) is 7.19. The third kappa shape index (κ3) is 2.43. The van der Waals surface area contributed by atoms with Gasteiger partial charge in [0.15, 0.2) is 0 Å². The molecule has 1 heterocycles. The van der Waals surface area contributed by atoms with Gasteiger partial charge in [0.2, 0.25) is 0 Å². The predicted octanol–water partition coefficient (Wildman–Crippen LogP) is 4.14. The lowest BCUT2D eigenvalue weighted by molar-refractivity contribution is 0.0607. The molecular formula is C16H18O3S. The molecule has 0 aliphatic rings. The number of aryl methyl sites for hydroxylation is 3. The van der Waals surface area contributed by atoms with Gasteiger partial charge in [-0.25, -0.2) is 4.79 Å². The summed E-state index contributed by atoms with van der Waals surface area (Å²) >= 11 is 1.41. The van der Waals surface area contributed by atoms with Crippen molar-refractivity contribution in [3.63, 3.8) is 0 Å². The first kappa shape index (κ1) is 14.6. The molecular weight excluding hydrogens is 272 g/mol. The van der Waals surface area contributed by atoms with Crippen LogP contribution in [0, 0.1) is 20.8 Å². The van der Waals surface area contributed by atoms with Crippen LogP contribution < -0.4 is 4.74 Å². The lowest BCUT2D eigenvalue weighted by Gasteiger charge is -2.14. The molecule has 106 valence electrons. The van der Waals surface area contributed by atoms with Crippen LogP contribution in [0.2, 0.25) is 0 Å². The Morgan fingerprint density at radius 3 is 2.35 bits per heavy atom. The van der Waals surface area contributed by atoms with Crippen LogP contribution in [0.5, 0.6) is 5.75 Å². The fourth-order valence-electron chi connectivity index (χ4n) is 2.41. The zero-order valence-electron chi connectivity index (χ0n) is 12.4. The van der Waals surface area contributed by atoms with Crippen molar-refractivity contribution in [2.24, 2.45) is 0 Å². The van der Waals surface area contributed by atoms with E-state index in [1.54, 1.807) is 7.11 Å². The molecule has 20 heavy (non-hydrogen) atoms. The standard InChI is InChI=1S/C16H18O3S/c1-9-6-10(2)13(12(7-9)18-4)14-11(3)8-20-15(14)16(17)19-5/h6-8H,1-5H3. The van der Waals surface area contributed by atoms with E-state index in [4.69, 9.17) is 9.47 Å². The van der Waals surface area contributed by atoms with E-state index in [1.165, 1.54) is 18.4 Å². The number of methoxy groups -OCH3 is 2. The lowest BCUT2D eigenvalue weighted by Crippen LogP contribution is -2.02. The van der Waals surface area contributed by atoms with Crippen LogP contribution in [-0.4, -0.2) is 20.2 Å². The van der Waals surface area contributed by atoms with Gasteiger partial charge >= 0.3 is 5.97 Å². The van der Waals surface area contributed by atoms with Crippen molar-refractivity contribution in [1.29, 1.82) is 0 Å². The Morgan fingerprint density at radius 2 is 1.75 bits per heavy atom. The summed E-state index contributed by atoms with van der Waals surface area (Å²) in [6.45, 7) is 6.06. The average molecular weight is 290 g/mol. The molecule has 0 saturated heterocycles. The van der Waals surface area contributed by atoms with Crippen LogP contribution >= 0.6 is 11.3 Å². The number of benzene rings is 1. The number of carbonyl (C=O) groups excluding carboxylic acids is 1. The molecule has 2 rings (SSSR count). The van der Waals surface area contributed by atoms with Gasteiger partial charge in [-0.1, -0.05) is 6.07 Å². The fraction of sp³-hybridized carbons (Fsp3) is 0.312. The quantitative estimate of drug-likeness (QED) is 0.797. The van der Waals surface area contributed by atoms with Crippen LogP contribution in [0.4, 0.5) is 0 Å². The van der Waals surface area contributed by atoms with E-state index in [-0.39, 0.29) is 5.97 Å². The molecule has 2 aromatic rings. The van der Waals surface area contributed by atoms with Crippen LogP contribution in [0.1, 0.15) is 26.4 Å². The third-order valence-corrected chi connectivity index (χ3v) is 4.34. The molecule has 0 radical (unpaired) electrons. The summed E-state index contributed by atoms with van der Waals surface area (Å²) in [6.07, 6.45) is 0. The predicted molar refractivity (Wildman–Crippen MR) is 81.9 cm³/mol. The molecule has 0 amide bonds. The van der Waals surface area contributed by atoms with E-state index in [0.717, 1.165) is 33.6 Å². The van der Waals surface area contributed by atoms with Gasteiger partial charge < -0.3 is 9.47 Å². The minimum atomic E-state index is -0.305. The fourth-order valence-corrected chi connectivity index (χ4v) is 3.38. The Hall–Kier alpha value is -1.81. The molecule has 0 aliphatic heterocycles. The highest BCUT2D eigenvalue weighted by Crippen LogP contribution is 2.41. The van der Waals surface area contributed by atoms with E-state index in [0.29, 0.717) is 4.88 Å². The van der Waals surface area contributed by atoms with Crippen molar-refractivity contribution in [2.45, 2.75) is 20.8 Å². The number of carbonyl (C=O) groups is 1. The highest BCUT2D eigenvalue weighted by molar-refractivity contribution is 7.12. The number of hydrogen-bond donors (Lipinski definition) is 0. The van der Waals surface area contributed by atoms with E-state index in [2.05, 4.69) is 6.07 Å². The Balaban J connectivity index is 2.75. The number of esters is 1. The Labute approximate surface area is 123 Å². The molecule has 0 bridgehead atoms. The van der Waals surface area contributed by atoms with Crippen molar-refractivity contribution in [3.05, 3.63) is 39.1 Å². The van der Waals surface area contributed by atoms with Crippen LogP contribution in [-0.2, 0) is 4.74 Å². The Bertz CT molecular complexity index is 656. The highest BCUT2D eigenvalue weighted by Gasteiger charge is 2.22. The van der Waals surface area contributed by atoms with Gasteiger partial charge in [0.05, 0.1) is 14.2 Å². The van der Waals surface area contributed by atoms with Crippen molar-refractivity contribution >= 4 is 17.3 Å². The molecule has 0 fully saturated rings. The van der Waals surface area contributed by atoms with E-state index in [9.17, 15) is 4.79 Å². The normalized spacial score (nSPS) is 10.4. The maximum absolute atomic E-state index is 11.9. The average Bonchev–Trinajstić information content (AvgIpc) is 2.78. The zero-order chi connectivity index (χ0) is 14.9. The first-order chi connectivity index (χ1) is 9.49. The van der Waals surface area contributed by atoms with Crippen molar-refractivity contribution in [2.75, 3.05) is 14.2 Å². The molecule has 0 N–H and O–H groups in total. The van der Waals surface area contributed by atoms with E-state index < -0.39 is 0 Å². The van der Waals surface area contributed by atoms with Gasteiger partial charge in [0.25, 0.3) is 0 Å². The summed E-state index contributed by atoms with van der Waals surface area (Å²) in [7, 11) is 3.05. The monoisotopic (exact) mass is 290 g/mol. The van der Waals surface area contributed by atoms with Gasteiger partial charge in [-0.05, 0) is 48.9 Å². The van der Waals surface area contributed by atoms with Gasteiger partial charge in [-0.3, -0.25) is 0 Å². The molecule has 0 unspecified atom stereocenters. The zero-order valence-corrected chi connectivity index (χ0v) is 13.2. The summed E-state index contributed by atoms with van der Waals surface area (Å²) in [5.74, 6) is 0.481. The van der Waals surface area contributed by atoms with Gasteiger partial charge in [-0.15, -0.1) is 11.3 Å². The van der Waals surface area contributed by atoms with Crippen molar-refractivity contribution in [3.8, 4) is 16.9 Å². The third-order valence-electron chi connectivity index (χ3n) is 3.26. The molecule has 0 atom stereocenters. The summed E-state index contributed by atoms with van der Waals surface area (Å²) in [6, 6.07) is 4.08. The number of rotatable bonds is 3. The SMILES string of the molecule is COC(=O)c1scc(C)c1-c1c(C)cc(C)cc1OC. The van der Waals surface area contributed by atoms with Gasteiger partial charge in [-0.2, -0.15) is 0 Å². The number of ether oxygens (including phenoxy) is 2. The molecule has 1 aromatic carbocycles. The number of hydrogen-bond acceptors (Lipinski definition) is 4. The Kier molecular flexibility index (Phi) is 4.14. The molecule has 4 heteroatoms. The summed E-state index contributed by atoms with van der Waals surface area (Å²) in [4.78, 5) is 12.6. The topological polar surface area (TPSA) is 35.5 Å². The number of thiophene rings is 1. The van der Waals surface area contributed by atoms with Crippen LogP contribution in [0.3, 0.4) is 0 Å². The maximum Gasteiger partial charge on any atom is 0.348 e. The molecule has 0 saturated carbocycles. The smallest absolute Gasteiger partial charge is 0.348 e. The van der Waals surface area contributed by atoms with Crippen LogP contribution in [0.25, 0.3) is 11.1 Å². The highest BCUT2D eigenvalue weighted by atomic mass is 32.1. The largest absolute Gasteiger partial charge is 0.496 e. The van der Waals surface area contributed by atoms with Crippen LogP contribution in [0.15, 0.2) is 17.5 Å². The molecule has 1 aromatic heterocycles. The van der Waals surface area contributed by atoms with Gasteiger partial charge in [0, 0.05) is 11.1 Å². The maximum atomic E-state index is 11.9. The second-order valence-electron chi connectivity index (χ2n) is 4.77. The van der Waals surface area contributed by atoms with Crippen molar-refractivity contribution < 1.29 is 14.3 Å². The minimum Gasteiger partial charge on any atom is -0.496 e. The second-order valence-corrected chi connectivity index (χ2v) is 5.65. The second kappa shape index (κ2) is 5.67. The minimum absolute atomic E-state index is 0.305. The first-order valence-electron chi connectivity index (χ1n) is 6.31. The van der Waals surface area contributed by atoms with E-state index >= 15 is 0 Å². The van der Waals surface area contributed by atoms with E-state index in [1.807, 2.05) is 32.2 Å². The van der Waals surface area contributed by atoms with Crippen molar-refractivity contribution in [1.82, 2.24) is 0 Å². The molecule has 3 nitrogen and oxygen atoms in total.